The predicted molar refractivity (Wildman–Crippen MR) is 52.2 cm³/mol. The first-order chi connectivity index (χ1) is 5.93. The zero-order valence-electron chi connectivity index (χ0n) is 7.83. The van der Waals surface area contributed by atoms with Crippen molar-refractivity contribution in [2.24, 2.45) is 0 Å². The summed E-state index contributed by atoms with van der Waals surface area (Å²) in [5.41, 5.74) is 0. The Hall–Kier alpha value is -0.560. The smallest absolute Gasteiger partial charge is 0.0793 e. The molecule has 0 fully saturated rings. The van der Waals surface area contributed by atoms with Crippen LogP contribution in [-0.2, 0) is 4.74 Å². The van der Waals surface area contributed by atoms with Crippen molar-refractivity contribution in [1.29, 1.82) is 0 Å². The topological polar surface area (TPSA) is 9.23 Å². The molecule has 0 spiro atoms. The molecule has 0 aromatic rings. The fraction of sp³-hybridized carbons (Fsp3) is 0.636. The number of unbranched alkanes of at least 4 members (excludes halogenated alkanes) is 2. The fourth-order valence-electron chi connectivity index (χ4n) is 1.27. The van der Waals surface area contributed by atoms with E-state index in [0.717, 1.165) is 13.0 Å². The van der Waals surface area contributed by atoms with Crippen LogP contribution in [0.15, 0.2) is 24.3 Å². The maximum atomic E-state index is 5.65. The lowest BCUT2D eigenvalue weighted by atomic mass is 10.1. The van der Waals surface area contributed by atoms with Gasteiger partial charge in [-0.2, -0.15) is 0 Å². The molecule has 1 rings (SSSR count). The van der Waals surface area contributed by atoms with E-state index in [1.807, 2.05) is 0 Å². The quantitative estimate of drug-likeness (QED) is 0.570. The van der Waals surface area contributed by atoms with Gasteiger partial charge in [-0.3, -0.25) is 0 Å². The van der Waals surface area contributed by atoms with E-state index in [1.54, 1.807) is 0 Å². The van der Waals surface area contributed by atoms with Crippen LogP contribution in [0.5, 0.6) is 0 Å². The molecule has 0 N–H and O–H groups in total. The summed E-state index contributed by atoms with van der Waals surface area (Å²) in [5.74, 6) is 0. The zero-order chi connectivity index (χ0) is 8.65. The van der Waals surface area contributed by atoms with Crippen LogP contribution in [0.2, 0.25) is 0 Å². The highest BCUT2D eigenvalue weighted by Gasteiger charge is 2.03. The third-order valence-corrected chi connectivity index (χ3v) is 2.02. The summed E-state index contributed by atoms with van der Waals surface area (Å²) in [4.78, 5) is 0. The largest absolute Gasteiger partial charge is 0.374 e. The second-order valence-electron chi connectivity index (χ2n) is 3.17. The highest BCUT2D eigenvalue weighted by Crippen LogP contribution is 2.08. The summed E-state index contributed by atoms with van der Waals surface area (Å²) in [6.07, 6.45) is 13.6. The normalized spacial score (nSPS) is 21.6. The van der Waals surface area contributed by atoms with Gasteiger partial charge < -0.3 is 4.74 Å². The molecule has 1 nitrogen and oxygen atoms in total. The number of hydrogen-bond acceptors (Lipinski definition) is 1. The molecule has 12 heavy (non-hydrogen) atoms. The van der Waals surface area contributed by atoms with E-state index in [4.69, 9.17) is 4.74 Å². The first-order valence-corrected chi connectivity index (χ1v) is 4.88. The van der Waals surface area contributed by atoms with Crippen LogP contribution in [0.4, 0.5) is 0 Å². The van der Waals surface area contributed by atoms with Crippen LogP contribution in [0, 0.1) is 0 Å². The van der Waals surface area contributed by atoms with Gasteiger partial charge in [0.2, 0.25) is 0 Å². The molecule has 0 saturated carbocycles. The predicted octanol–water partition coefficient (Wildman–Crippen LogP) is 3.08. The molecule has 0 bridgehead atoms. The van der Waals surface area contributed by atoms with E-state index >= 15 is 0 Å². The monoisotopic (exact) mass is 166 g/mol. The Morgan fingerprint density at radius 1 is 1.33 bits per heavy atom. The molecular formula is C11H18O. The second kappa shape index (κ2) is 6.01. The lowest BCUT2D eigenvalue weighted by Crippen LogP contribution is -2.11. The van der Waals surface area contributed by atoms with Crippen LogP contribution >= 0.6 is 0 Å². The zero-order valence-corrected chi connectivity index (χ0v) is 7.83. The summed E-state index contributed by atoms with van der Waals surface area (Å²) in [5, 5.41) is 0. The maximum Gasteiger partial charge on any atom is 0.0793 e. The Labute approximate surface area is 75.1 Å². The third-order valence-electron chi connectivity index (χ3n) is 2.02. The molecule has 0 aromatic carbocycles. The van der Waals surface area contributed by atoms with E-state index < -0.39 is 0 Å². The van der Waals surface area contributed by atoms with Crippen molar-refractivity contribution in [3.05, 3.63) is 24.3 Å². The molecule has 1 aliphatic rings. The van der Waals surface area contributed by atoms with Gasteiger partial charge in [-0.05, 0) is 12.8 Å². The van der Waals surface area contributed by atoms with Gasteiger partial charge in [0.15, 0.2) is 0 Å². The molecule has 1 heteroatoms. The van der Waals surface area contributed by atoms with Crippen molar-refractivity contribution in [3.8, 4) is 0 Å². The number of ether oxygens (including phenoxy) is 1. The molecule has 1 aliphatic carbocycles. The van der Waals surface area contributed by atoms with E-state index in [9.17, 15) is 0 Å². The second-order valence-corrected chi connectivity index (χ2v) is 3.17. The average Bonchev–Trinajstić information content (AvgIpc) is 2.14. The van der Waals surface area contributed by atoms with Crippen LogP contribution in [0.3, 0.4) is 0 Å². The fourth-order valence-corrected chi connectivity index (χ4v) is 1.27. The lowest BCUT2D eigenvalue weighted by molar-refractivity contribution is 0.0834. The molecule has 0 amide bonds. The van der Waals surface area contributed by atoms with Gasteiger partial charge in [-0.1, -0.05) is 44.1 Å². The molecule has 0 aromatic heterocycles. The minimum atomic E-state index is 0.340. The van der Waals surface area contributed by atoms with Crippen molar-refractivity contribution in [3.63, 3.8) is 0 Å². The van der Waals surface area contributed by atoms with Gasteiger partial charge in [-0.25, -0.2) is 0 Å². The Morgan fingerprint density at radius 2 is 2.25 bits per heavy atom. The third kappa shape index (κ3) is 3.72. The maximum absolute atomic E-state index is 5.65. The lowest BCUT2D eigenvalue weighted by Gasteiger charge is -2.13. The summed E-state index contributed by atoms with van der Waals surface area (Å²) >= 11 is 0. The Bertz CT molecular complexity index is 158. The molecule has 1 atom stereocenters. The van der Waals surface area contributed by atoms with E-state index in [2.05, 4.69) is 31.2 Å². The van der Waals surface area contributed by atoms with E-state index in [0.29, 0.717) is 6.10 Å². The first-order valence-electron chi connectivity index (χ1n) is 4.88. The highest BCUT2D eigenvalue weighted by molar-refractivity contribution is 5.11. The first kappa shape index (κ1) is 9.53. The minimum absolute atomic E-state index is 0.340. The van der Waals surface area contributed by atoms with Gasteiger partial charge >= 0.3 is 0 Å². The molecule has 1 unspecified atom stereocenters. The van der Waals surface area contributed by atoms with Crippen molar-refractivity contribution in [2.75, 3.05) is 6.61 Å². The molecule has 68 valence electrons. The SMILES string of the molecule is CCCCCOC1C=CC=CC1. The molecule has 0 heterocycles. The van der Waals surface area contributed by atoms with Gasteiger partial charge in [0, 0.05) is 6.61 Å². The van der Waals surface area contributed by atoms with Gasteiger partial charge in [0.05, 0.1) is 6.10 Å². The number of hydrogen-bond donors (Lipinski definition) is 0. The minimum Gasteiger partial charge on any atom is -0.374 e. The van der Waals surface area contributed by atoms with Crippen molar-refractivity contribution >= 4 is 0 Å². The van der Waals surface area contributed by atoms with Crippen LogP contribution in [0.25, 0.3) is 0 Å². The molecule has 0 saturated heterocycles. The number of allylic oxidation sites excluding steroid dienone is 2. The molecule has 0 radical (unpaired) electrons. The average molecular weight is 166 g/mol. The van der Waals surface area contributed by atoms with E-state index in [1.165, 1.54) is 19.3 Å². The summed E-state index contributed by atoms with van der Waals surface area (Å²) in [7, 11) is 0. The molecular weight excluding hydrogens is 148 g/mol. The molecule has 0 aliphatic heterocycles. The standard InChI is InChI=1S/C11H18O/c1-2-3-7-10-12-11-8-5-4-6-9-11/h4-6,8,11H,2-3,7,9-10H2,1H3. The summed E-state index contributed by atoms with van der Waals surface area (Å²) < 4.78 is 5.65. The van der Waals surface area contributed by atoms with E-state index in [-0.39, 0.29) is 0 Å². The summed E-state index contributed by atoms with van der Waals surface area (Å²) in [6, 6.07) is 0. The van der Waals surface area contributed by atoms with Crippen molar-refractivity contribution < 1.29 is 4.74 Å². The van der Waals surface area contributed by atoms with Crippen LogP contribution in [0.1, 0.15) is 32.6 Å². The van der Waals surface area contributed by atoms with Crippen molar-refractivity contribution in [2.45, 2.75) is 38.7 Å². The van der Waals surface area contributed by atoms with Crippen LogP contribution in [-0.4, -0.2) is 12.7 Å². The van der Waals surface area contributed by atoms with Gasteiger partial charge in [0.25, 0.3) is 0 Å². The Balaban J connectivity index is 2.00. The van der Waals surface area contributed by atoms with Gasteiger partial charge in [0.1, 0.15) is 0 Å². The Kier molecular flexibility index (Phi) is 4.77. The van der Waals surface area contributed by atoms with Crippen LogP contribution < -0.4 is 0 Å². The number of rotatable bonds is 5. The van der Waals surface area contributed by atoms with Crippen molar-refractivity contribution in [1.82, 2.24) is 0 Å². The summed E-state index contributed by atoms with van der Waals surface area (Å²) in [6.45, 7) is 3.12. The highest BCUT2D eigenvalue weighted by atomic mass is 16.5. The van der Waals surface area contributed by atoms with Gasteiger partial charge in [-0.15, -0.1) is 0 Å². The Morgan fingerprint density at radius 3 is 2.92 bits per heavy atom.